The summed E-state index contributed by atoms with van der Waals surface area (Å²) in [6, 6.07) is 6.87. The highest BCUT2D eigenvalue weighted by Gasteiger charge is 2.21. The summed E-state index contributed by atoms with van der Waals surface area (Å²) < 4.78 is 52.8. The van der Waals surface area contributed by atoms with Gasteiger partial charge in [-0.05, 0) is 24.3 Å². The van der Waals surface area contributed by atoms with E-state index in [2.05, 4.69) is 0 Å². The molecule has 0 bridgehead atoms. The third-order valence-corrected chi connectivity index (χ3v) is 4.29. The van der Waals surface area contributed by atoms with Crippen molar-refractivity contribution in [3.05, 3.63) is 53.1 Å². The zero-order valence-electron chi connectivity index (χ0n) is 9.90. The van der Waals surface area contributed by atoms with Crippen molar-refractivity contribution in [2.45, 2.75) is 4.90 Å². The Balaban J connectivity index is 2.47. The fraction of sp³-hybridized carbons (Fsp3) is 0. The standard InChI is InChI=1S/C12H9ClF2N2O2S/c13-7-5-9(15)10(16)6-12(7)20(18,19)17-11-4-2-1-3-8(11)14/h1-6,17H,16H2. The Bertz CT molecular complexity index is 766. The Morgan fingerprint density at radius 3 is 2.40 bits per heavy atom. The summed E-state index contributed by atoms with van der Waals surface area (Å²) in [5.74, 6) is -1.58. The van der Waals surface area contributed by atoms with Crippen molar-refractivity contribution in [1.29, 1.82) is 0 Å². The average Bonchev–Trinajstić information content (AvgIpc) is 2.36. The van der Waals surface area contributed by atoms with Crippen LogP contribution in [0.2, 0.25) is 5.02 Å². The highest BCUT2D eigenvalue weighted by molar-refractivity contribution is 7.92. The molecule has 8 heteroatoms. The highest BCUT2D eigenvalue weighted by Crippen LogP contribution is 2.28. The van der Waals surface area contributed by atoms with Crippen LogP contribution in [0, 0.1) is 11.6 Å². The number of nitrogens with two attached hydrogens (primary N) is 1. The molecule has 0 atom stereocenters. The SMILES string of the molecule is Nc1cc(S(=O)(=O)Nc2ccccc2F)c(Cl)cc1F. The number of halogens is 3. The summed E-state index contributed by atoms with van der Waals surface area (Å²) >= 11 is 5.68. The van der Waals surface area contributed by atoms with Gasteiger partial charge in [-0.25, -0.2) is 17.2 Å². The summed E-state index contributed by atoms with van der Waals surface area (Å²) in [7, 11) is -4.17. The Kier molecular flexibility index (Phi) is 3.82. The molecular weight excluding hydrogens is 310 g/mol. The third-order valence-electron chi connectivity index (χ3n) is 2.46. The van der Waals surface area contributed by atoms with Crippen molar-refractivity contribution in [1.82, 2.24) is 0 Å². The van der Waals surface area contributed by atoms with Gasteiger partial charge in [0.2, 0.25) is 0 Å². The number of sulfonamides is 1. The van der Waals surface area contributed by atoms with Crippen LogP contribution < -0.4 is 10.5 Å². The van der Waals surface area contributed by atoms with Crippen molar-refractivity contribution in [2.24, 2.45) is 0 Å². The number of nitrogen functional groups attached to an aromatic ring is 1. The van der Waals surface area contributed by atoms with E-state index < -0.39 is 26.6 Å². The Morgan fingerprint density at radius 2 is 1.75 bits per heavy atom. The molecule has 0 saturated carbocycles. The number of hydrogen-bond acceptors (Lipinski definition) is 3. The van der Waals surface area contributed by atoms with Crippen molar-refractivity contribution in [3.8, 4) is 0 Å². The fourth-order valence-corrected chi connectivity index (χ4v) is 3.11. The van der Waals surface area contributed by atoms with Crippen LogP contribution in [-0.2, 0) is 10.0 Å². The highest BCUT2D eigenvalue weighted by atomic mass is 35.5. The first-order chi connectivity index (χ1) is 9.31. The van der Waals surface area contributed by atoms with Crippen LogP contribution in [0.15, 0.2) is 41.3 Å². The maximum atomic E-state index is 13.4. The van der Waals surface area contributed by atoms with E-state index in [1.807, 2.05) is 4.72 Å². The average molecular weight is 319 g/mol. The van der Waals surface area contributed by atoms with E-state index in [0.717, 1.165) is 18.2 Å². The predicted molar refractivity (Wildman–Crippen MR) is 73.0 cm³/mol. The molecule has 2 aromatic carbocycles. The number of benzene rings is 2. The second-order valence-electron chi connectivity index (χ2n) is 3.89. The largest absolute Gasteiger partial charge is 0.396 e. The van der Waals surface area contributed by atoms with E-state index in [1.54, 1.807) is 0 Å². The number of para-hydroxylation sites is 1. The molecular formula is C12H9ClF2N2O2S. The van der Waals surface area contributed by atoms with Gasteiger partial charge in [-0.1, -0.05) is 23.7 Å². The van der Waals surface area contributed by atoms with Crippen molar-refractivity contribution < 1.29 is 17.2 Å². The lowest BCUT2D eigenvalue weighted by Gasteiger charge is -2.11. The summed E-state index contributed by atoms with van der Waals surface area (Å²) in [5, 5.41) is -0.347. The molecule has 0 aromatic heterocycles. The Labute approximate surface area is 119 Å². The molecule has 106 valence electrons. The molecule has 2 rings (SSSR count). The number of hydrogen-bond donors (Lipinski definition) is 2. The van der Waals surface area contributed by atoms with Crippen molar-refractivity contribution in [2.75, 3.05) is 10.5 Å². The molecule has 0 spiro atoms. The predicted octanol–water partition coefficient (Wildman–Crippen LogP) is 3.00. The summed E-state index contributed by atoms with van der Waals surface area (Å²) in [4.78, 5) is -0.429. The van der Waals surface area contributed by atoms with Crippen LogP contribution in [0.4, 0.5) is 20.2 Å². The quantitative estimate of drug-likeness (QED) is 0.854. The normalized spacial score (nSPS) is 11.3. The van der Waals surface area contributed by atoms with Gasteiger partial charge in [-0.2, -0.15) is 0 Å². The topological polar surface area (TPSA) is 72.2 Å². The first-order valence-corrected chi connectivity index (χ1v) is 7.19. The van der Waals surface area contributed by atoms with Crippen LogP contribution in [-0.4, -0.2) is 8.42 Å². The van der Waals surface area contributed by atoms with Gasteiger partial charge in [0.1, 0.15) is 16.5 Å². The zero-order chi connectivity index (χ0) is 14.9. The lowest BCUT2D eigenvalue weighted by atomic mass is 10.3. The van der Waals surface area contributed by atoms with E-state index in [9.17, 15) is 17.2 Å². The molecule has 4 nitrogen and oxygen atoms in total. The van der Waals surface area contributed by atoms with E-state index in [0.29, 0.717) is 0 Å². The Morgan fingerprint density at radius 1 is 1.10 bits per heavy atom. The Hall–Kier alpha value is -1.86. The summed E-state index contributed by atoms with van der Waals surface area (Å²) in [6.07, 6.45) is 0. The van der Waals surface area contributed by atoms with Crippen molar-refractivity contribution in [3.63, 3.8) is 0 Å². The molecule has 2 aromatic rings. The molecule has 0 aliphatic carbocycles. The number of rotatable bonds is 3. The van der Waals surface area contributed by atoms with E-state index in [-0.39, 0.29) is 16.4 Å². The zero-order valence-corrected chi connectivity index (χ0v) is 11.5. The smallest absolute Gasteiger partial charge is 0.263 e. The molecule has 20 heavy (non-hydrogen) atoms. The van der Waals surface area contributed by atoms with Gasteiger partial charge in [-0.15, -0.1) is 0 Å². The van der Waals surface area contributed by atoms with Gasteiger partial charge in [0.05, 0.1) is 16.4 Å². The number of nitrogens with one attached hydrogen (secondary N) is 1. The van der Waals surface area contributed by atoms with E-state index in [1.165, 1.54) is 18.2 Å². The number of anilines is 2. The van der Waals surface area contributed by atoms with Gasteiger partial charge < -0.3 is 5.73 Å². The monoisotopic (exact) mass is 318 g/mol. The molecule has 0 aliphatic rings. The van der Waals surface area contributed by atoms with Crippen LogP contribution in [0.1, 0.15) is 0 Å². The minimum Gasteiger partial charge on any atom is -0.396 e. The van der Waals surface area contributed by atoms with Crippen LogP contribution >= 0.6 is 11.6 Å². The van der Waals surface area contributed by atoms with Gasteiger partial charge in [0.25, 0.3) is 10.0 Å². The second kappa shape index (κ2) is 5.26. The molecule has 0 saturated heterocycles. The maximum absolute atomic E-state index is 13.4. The van der Waals surface area contributed by atoms with Crippen LogP contribution in [0.25, 0.3) is 0 Å². The first kappa shape index (κ1) is 14.5. The van der Waals surface area contributed by atoms with Gasteiger partial charge in [-0.3, -0.25) is 4.72 Å². The minimum atomic E-state index is -4.17. The molecule has 0 amide bonds. The van der Waals surface area contributed by atoms with E-state index >= 15 is 0 Å². The second-order valence-corrected chi connectivity index (χ2v) is 5.95. The molecule has 0 fully saturated rings. The lowest BCUT2D eigenvalue weighted by molar-refractivity contribution is 0.597. The van der Waals surface area contributed by atoms with E-state index in [4.69, 9.17) is 17.3 Å². The molecule has 0 heterocycles. The first-order valence-electron chi connectivity index (χ1n) is 5.33. The lowest BCUT2D eigenvalue weighted by Crippen LogP contribution is -2.15. The van der Waals surface area contributed by atoms with Crippen molar-refractivity contribution >= 4 is 33.0 Å². The van der Waals surface area contributed by atoms with Crippen LogP contribution in [0.3, 0.4) is 0 Å². The fourth-order valence-electron chi connectivity index (χ4n) is 1.49. The van der Waals surface area contributed by atoms with Crippen LogP contribution in [0.5, 0.6) is 0 Å². The van der Waals surface area contributed by atoms with Gasteiger partial charge in [0.15, 0.2) is 0 Å². The minimum absolute atomic E-state index is 0.244. The molecule has 0 aliphatic heterocycles. The third kappa shape index (κ3) is 2.83. The van der Waals surface area contributed by atoms with Gasteiger partial charge >= 0.3 is 0 Å². The summed E-state index contributed by atoms with van der Waals surface area (Å²) in [6.45, 7) is 0. The van der Waals surface area contributed by atoms with Gasteiger partial charge in [0, 0.05) is 0 Å². The molecule has 0 unspecified atom stereocenters. The maximum Gasteiger partial charge on any atom is 0.263 e. The molecule has 3 N–H and O–H groups in total. The summed E-state index contributed by atoms with van der Waals surface area (Å²) in [5.41, 5.74) is 4.69. The molecule has 0 radical (unpaired) electrons.